The predicted molar refractivity (Wildman–Crippen MR) is 106 cm³/mol. The van der Waals surface area contributed by atoms with Crippen LogP contribution in [0.3, 0.4) is 0 Å². The Bertz CT molecular complexity index is 1130. The molecule has 0 spiro atoms. The zero-order valence-electron chi connectivity index (χ0n) is 15.6. The molecule has 1 aromatic heterocycles. The summed E-state index contributed by atoms with van der Waals surface area (Å²) in [5.41, 5.74) is 2.58. The van der Waals surface area contributed by atoms with Gasteiger partial charge in [0.05, 0.1) is 11.4 Å². The predicted octanol–water partition coefficient (Wildman–Crippen LogP) is 3.71. The quantitative estimate of drug-likeness (QED) is 0.733. The maximum absolute atomic E-state index is 13.8. The first kappa shape index (κ1) is 19.0. The molecule has 148 valence electrons. The van der Waals surface area contributed by atoms with Crippen molar-refractivity contribution in [3.8, 4) is 11.3 Å². The molecule has 2 aromatic carbocycles. The second kappa shape index (κ2) is 7.95. The zero-order valence-corrected chi connectivity index (χ0v) is 15.6. The van der Waals surface area contributed by atoms with Gasteiger partial charge in [0.15, 0.2) is 0 Å². The van der Waals surface area contributed by atoms with Gasteiger partial charge in [0.1, 0.15) is 18.2 Å². The number of amides is 1. The molecule has 0 atom stereocenters. The Morgan fingerprint density at radius 3 is 2.52 bits per heavy atom. The average Bonchev–Trinajstić information content (AvgIpc) is 2.73. The number of fused-ring (bicyclic) bond motifs is 1. The molecule has 7 heteroatoms. The molecule has 1 aliphatic carbocycles. The molecule has 0 unspecified atom stereocenters. The molecule has 1 heterocycles. The summed E-state index contributed by atoms with van der Waals surface area (Å²) in [5, 5.41) is 6.77. The maximum Gasteiger partial charge on any atom is 0.270 e. The second-order valence-corrected chi connectivity index (χ2v) is 7.01. The maximum atomic E-state index is 13.8. The molecule has 5 nitrogen and oxygen atoms in total. The van der Waals surface area contributed by atoms with E-state index < -0.39 is 17.5 Å². The highest BCUT2D eigenvalue weighted by Crippen LogP contribution is 2.27. The lowest BCUT2D eigenvalue weighted by molar-refractivity contribution is -0.117. The van der Waals surface area contributed by atoms with Gasteiger partial charge in [0.2, 0.25) is 5.91 Å². The van der Waals surface area contributed by atoms with E-state index in [0.29, 0.717) is 17.7 Å². The van der Waals surface area contributed by atoms with Gasteiger partial charge in [-0.2, -0.15) is 5.10 Å². The van der Waals surface area contributed by atoms with E-state index in [4.69, 9.17) is 0 Å². The van der Waals surface area contributed by atoms with Crippen molar-refractivity contribution in [2.75, 3.05) is 5.32 Å². The van der Waals surface area contributed by atoms with E-state index in [-0.39, 0.29) is 17.8 Å². The molecule has 3 aromatic rings. The minimum absolute atomic E-state index is 0.274. The molecular weight excluding hydrogens is 376 g/mol. The van der Waals surface area contributed by atoms with Crippen LogP contribution in [0.4, 0.5) is 14.5 Å². The molecule has 0 fully saturated rings. The molecule has 29 heavy (non-hydrogen) atoms. The first-order valence-corrected chi connectivity index (χ1v) is 9.46. The lowest BCUT2D eigenvalue weighted by Crippen LogP contribution is -2.34. The number of nitrogens with zero attached hydrogens (tertiary/aromatic N) is 2. The topological polar surface area (TPSA) is 64.0 Å². The Kier molecular flexibility index (Phi) is 5.20. The van der Waals surface area contributed by atoms with Crippen LogP contribution in [0.5, 0.6) is 0 Å². The number of hydrogen-bond donors (Lipinski definition) is 1. The van der Waals surface area contributed by atoms with Crippen LogP contribution in [0, 0.1) is 11.6 Å². The number of anilines is 1. The zero-order chi connectivity index (χ0) is 20.4. The second-order valence-electron chi connectivity index (χ2n) is 7.01. The summed E-state index contributed by atoms with van der Waals surface area (Å²) in [6, 6.07) is 12.3. The third-order valence-corrected chi connectivity index (χ3v) is 5.01. The van der Waals surface area contributed by atoms with Gasteiger partial charge in [-0.3, -0.25) is 9.59 Å². The number of rotatable bonds is 4. The van der Waals surface area contributed by atoms with Gasteiger partial charge in [-0.05, 0) is 43.4 Å². The Labute approximate surface area is 166 Å². The minimum Gasteiger partial charge on any atom is -0.322 e. The average molecular weight is 395 g/mol. The summed E-state index contributed by atoms with van der Waals surface area (Å²) in [4.78, 5) is 25.3. The third kappa shape index (κ3) is 3.94. The van der Waals surface area contributed by atoms with Crippen LogP contribution in [-0.2, 0) is 24.2 Å². The molecule has 1 amide bonds. The van der Waals surface area contributed by atoms with Crippen LogP contribution in [0.15, 0.2) is 53.3 Å². The summed E-state index contributed by atoms with van der Waals surface area (Å²) in [6.07, 6.45) is 3.29. The molecule has 1 N–H and O–H groups in total. The van der Waals surface area contributed by atoms with Crippen molar-refractivity contribution in [2.45, 2.75) is 32.2 Å². The first-order valence-electron chi connectivity index (χ1n) is 9.46. The number of nitrogens with one attached hydrogen (secondary N) is 1. The monoisotopic (exact) mass is 395 g/mol. The van der Waals surface area contributed by atoms with Gasteiger partial charge in [0.25, 0.3) is 5.56 Å². The van der Waals surface area contributed by atoms with E-state index in [9.17, 15) is 18.4 Å². The lowest BCUT2D eigenvalue weighted by Gasteiger charge is -2.20. The van der Waals surface area contributed by atoms with Crippen molar-refractivity contribution < 1.29 is 13.6 Å². The van der Waals surface area contributed by atoms with E-state index in [0.717, 1.165) is 53.3 Å². The molecule has 0 aliphatic heterocycles. The Balaban J connectivity index is 1.69. The van der Waals surface area contributed by atoms with Crippen molar-refractivity contribution in [3.05, 3.63) is 81.6 Å². The van der Waals surface area contributed by atoms with Crippen molar-refractivity contribution in [1.29, 1.82) is 0 Å². The molecule has 0 radical (unpaired) electrons. The summed E-state index contributed by atoms with van der Waals surface area (Å²) in [7, 11) is 0. The fraction of sp³-hybridized carbons (Fsp3) is 0.227. The van der Waals surface area contributed by atoms with Crippen LogP contribution in [0.25, 0.3) is 11.3 Å². The van der Waals surface area contributed by atoms with Crippen molar-refractivity contribution >= 4 is 11.6 Å². The van der Waals surface area contributed by atoms with Crippen LogP contribution in [-0.4, -0.2) is 15.7 Å². The molecular formula is C22H19F2N3O2. The molecule has 0 bridgehead atoms. The summed E-state index contributed by atoms with van der Waals surface area (Å²) < 4.78 is 28.2. The summed E-state index contributed by atoms with van der Waals surface area (Å²) in [5.74, 6) is -2.08. The van der Waals surface area contributed by atoms with E-state index in [1.807, 2.05) is 30.3 Å². The fourth-order valence-electron chi connectivity index (χ4n) is 3.64. The van der Waals surface area contributed by atoms with E-state index in [2.05, 4.69) is 10.4 Å². The number of hydrogen-bond acceptors (Lipinski definition) is 3. The summed E-state index contributed by atoms with van der Waals surface area (Å²) >= 11 is 0. The third-order valence-electron chi connectivity index (χ3n) is 5.01. The van der Waals surface area contributed by atoms with Crippen molar-refractivity contribution in [1.82, 2.24) is 9.78 Å². The Hall–Kier alpha value is -3.35. The van der Waals surface area contributed by atoms with E-state index >= 15 is 0 Å². The molecule has 0 saturated carbocycles. The van der Waals surface area contributed by atoms with Gasteiger partial charge in [0, 0.05) is 17.2 Å². The van der Waals surface area contributed by atoms with Crippen LogP contribution in [0.1, 0.15) is 24.0 Å². The smallest absolute Gasteiger partial charge is 0.270 e. The van der Waals surface area contributed by atoms with Crippen LogP contribution in [0.2, 0.25) is 0 Å². The molecule has 4 rings (SSSR count). The Morgan fingerprint density at radius 2 is 1.76 bits per heavy atom. The lowest BCUT2D eigenvalue weighted by atomic mass is 9.90. The van der Waals surface area contributed by atoms with Gasteiger partial charge in [-0.25, -0.2) is 13.5 Å². The van der Waals surface area contributed by atoms with Gasteiger partial charge in [-0.1, -0.05) is 30.3 Å². The van der Waals surface area contributed by atoms with E-state index in [1.54, 1.807) is 0 Å². The number of aromatic nitrogens is 2. The number of benzene rings is 2. The largest absolute Gasteiger partial charge is 0.322 e. The minimum atomic E-state index is -0.754. The highest BCUT2D eigenvalue weighted by Gasteiger charge is 2.22. The molecule has 1 aliphatic rings. The van der Waals surface area contributed by atoms with E-state index in [1.165, 1.54) is 0 Å². The van der Waals surface area contributed by atoms with Crippen molar-refractivity contribution in [2.24, 2.45) is 0 Å². The normalized spacial score (nSPS) is 13.0. The number of carbonyl (C=O) groups is 1. The van der Waals surface area contributed by atoms with Gasteiger partial charge >= 0.3 is 0 Å². The number of halogens is 2. The highest BCUT2D eigenvalue weighted by atomic mass is 19.1. The standard InChI is InChI=1S/C22H19F2N3O2/c23-15-10-11-18(24)19(12-15)25-20(28)13-27-22(29)17-9-5-4-8-16(17)21(26-27)14-6-2-1-3-7-14/h1-3,6-7,10-12H,4-5,8-9,13H2,(H,25,28). The Morgan fingerprint density at radius 1 is 1.03 bits per heavy atom. The fourth-order valence-corrected chi connectivity index (χ4v) is 3.64. The van der Waals surface area contributed by atoms with Crippen LogP contribution >= 0.6 is 0 Å². The van der Waals surface area contributed by atoms with Gasteiger partial charge < -0.3 is 5.32 Å². The number of carbonyl (C=O) groups excluding carboxylic acids is 1. The summed E-state index contributed by atoms with van der Waals surface area (Å²) in [6.45, 7) is -0.387. The highest BCUT2D eigenvalue weighted by molar-refractivity contribution is 5.90. The van der Waals surface area contributed by atoms with Crippen molar-refractivity contribution in [3.63, 3.8) is 0 Å². The molecule has 0 saturated heterocycles. The first-order chi connectivity index (χ1) is 14.0. The van der Waals surface area contributed by atoms with Gasteiger partial charge in [-0.15, -0.1) is 0 Å². The van der Waals surface area contributed by atoms with Crippen LogP contribution < -0.4 is 10.9 Å². The SMILES string of the molecule is O=C(Cn1nc(-c2ccccc2)c2c(c1=O)CCCC2)Nc1cc(F)ccc1F.